The fourth-order valence-electron chi connectivity index (χ4n) is 2.77. The van der Waals surface area contributed by atoms with Crippen LogP contribution in [0.5, 0.6) is 5.75 Å². The molecule has 0 saturated heterocycles. The first-order chi connectivity index (χ1) is 14.9. The number of para-hydroxylation sites is 1. The molecule has 0 heterocycles. The Morgan fingerprint density at radius 3 is 2.35 bits per heavy atom. The zero-order valence-electron chi connectivity index (χ0n) is 16.6. The number of nitrogens with zero attached hydrogens (tertiary/aromatic N) is 2. The molecule has 3 aromatic carbocycles. The fourth-order valence-corrected chi connectivity index (χ4v) is 4.60. The number of hydrogen-bond acceptors (Lipinski definition) is 5. The van der Waals surface area contributed by atoms with Gasteiger partial charge in [0.25, 0.3) is 15.9 Å². The first-order valence-electron chi connectivity index (χ1n) is 9.20. The average Bonchev–Trinajstić information content (AvgIpc) is 2.79. The highest BCUT2D eigenvalue weighted by molar-refractivity contribution is 9.10. The quantitative estimate of drug-likeness (QED) is 0.375. The summed E-state index contributed by atoms with van der Waals surface area (Å²) < 4.78 is 33.5. The molecule has 0 radical (unpaired) electrons. The normalized spacial score (nSPS) is 11.3. The number of amides is 1. The van der Waals surface area contributed by atoms with E-state index in [4.69, 9.17) is 4.74 Å². The lowest BCUT2D eigenvalue weighted by atomic mass is 10.2. The van der Waals surface area contributed by atoms with Gasteiger partial charge >= 0.3 is 0 Å². The molecule has 9 heteroatoms. The summed E-state index contributed by atoms with van der Waals surface area (Å²) in [6.45, 7) is -0.436. The maximum Gasteiger partial charge on any atom is 0.264 e. The summed E-state index contributed by atoms with van der Waals surface area (Å²) in [6, 6.07) is 21.8. The van der Waals surface area contributed by atoms with Crippen molar-refractivity contribution in [2.75, 3.05) is 18.0 Å². The molecule has 0 unspecified atom stereocenters. The average molecular weight is 502 g/mol. The van der Waals surface area contributed by atoms with Crippen LogP contribution in [0.3, 0.4) is 0 Å². The molecule has 3 aromatic rings. The van der Waals surface area contributed by atoms with Crippen molar-refractivity contribution >= 4 is 43.8 Å². The predicted octanol–water partition coefficient (Wildman–Crippen LogP) is 3.80. The highest BCUT2D eigenvalue weighted by Gasteiger charge is 2.26. The van der Waals surface area contributed by atoms with E-state index in [1.54, 1.807) is 60.7 Å². The molecule has 0 aliphatic heterocycles. The van der Waals surface area contributed by atoms with Gasteiger partial charge in [0.05, 0.1) is 23.9 Å². The Labute approximate surface area is 189 Å². The number of methoxy groups -OCH3 is 1. The fraction of sp³-hybridized carbons (Fsp3) is 0.0909. The summed E-state index contributed by atoms with van der Waals surface area (Å²) in [6.07, 6.45) is 1.43. The number of carbonyl (C=O) groups is 1. The lowest BCUT2D eigenvalue weighted by molar-refractivity contribution is -0.119. The van der Waals surface area contributed by atoms with Crippen molar-refractivity contribution < 1.29 is 17.9 Å². The predicted molar refractivity (Wildman–Crippen MR) is 124 cm³/mol. The molecule has 0 spiro atoms. The zero-order chi connectivity index (χ0) is 22.3. The summed E-state index contributed by atoms with van der Waals surface area (Å²) in [5.41, 5.74) is 3.40. The maximum absolute atomic E-state index is 13.2. The zero-order valence-corrected chi connectivity index (χ0v) is 19.0. The molecule has 3 rings (SSSR count). The molecule has 0 saturated carbocycles. The van der Waals surface area contributed by atoms with E-state index in [1.165, 1.54) is 25.5 Å². The highest BCUT2D eigenvalue weighted by Crippen LogP contribution is 2.23. The standard InChI is InChI=1S/C22H20BrN3O4S/c1-30-21-13-12-18(23)14-17(21)15-24-25-22(27)16-26(19-8-4-2-5-9-19)31(28,29)20-10-6-3-7-11-20/h2-15H,16H2,1H3,(H,25,27)/b24-15-. The SMILES string of the molecule is COc1ccc(Br)cc1/C=N\NC(=O)CN(c1ccccc1)S(=O)(=O)c1ccccc1. The van der Waals surface area contributed by atoms with Gasteiger partial charge in [-0.05, 0) is 42.5 Å². The Hall–Kier alpha value is -3.17. The second-order valence-corrected chi connectivity index (χ2v) is 9.12. The van der Waals surface area contributed by atoms with Crippen LogP contribution in [0.25, 0.3) is 0 Å². The van der Waals surface area contributed by atoms with Crippen LogP contribution < -0.4 is 14.5 Å². The number of rotatable bonds is 8. The van der Waals surface area contributed by atoms with Crippen LogP contribution in [0.15, 0.2) is 93.3 Å². The number of ether oxygens (including phenoxy) is 1. The highest BCUT2D eigenvalue weighted by atomic mass is 79.9. The van der Waals surface area contributed by atoms with Crippen molar-refractivity contribution in [3.8, 4) is 5.75 Å². The van der Waals surface area contributed by atoms with Crippen molar-refractivity contribution in [1.82, 2.24) is 5.43 Å². The van der Waals surface area contributed by atoms with Crippen LogP contribution in [0.4, 0.5) is 5.69 Å². The van der Waals surface area contributed by atoms with Crippen molar-refractivity contribution in [2.24, 2.45) is 5.10 Å². The number of benzene rings is 3. The van der Waals surface area contributed by atoms with E-state index in [9.17, 15) is 13.2 Å². The topological polar surface area (TPSA) is 88.1 Å². The van der Waals surface area contributed by atoms with Gasteiger partial charge in [0.15, 0.2) is 0 Å². The summed E-state index contributed by atoms with van der Waals surface area (Å²) in [5.74, 6) is -0.00709. The third-order valence-corrected chi connectivity index (χ3v) is 6.53. The molecule has 1 amide bonds. The molecule has 0 bridgehead atoms. The second kappa shape index (κ2) is 10.2. The summed E-state index contributed by atoms with van der Waals surface area (Å²) in [4.78, 5) is 12.6. The first-order valence-corrected chi connectivity index (χ1v) is 11.4. The molecule has 0 atom stereocenters. The van der Waals surface area contributed by atoms with Crippen molar-refractivity contribution in [1.29, 1.82) is 0 Å². The van der Waals surface area contributed by atoms with Crippen LogP contribution in [0.1, 0.15) is 5.56 Å². The van der Waals surface area contributed by atoms with Gasteiger partial charge in [-0.25, -0.2) is 13.8 Å². The molecule has 0 aromatic heterocycles. The molecule has 7 nitrogen and oxygen atoms in total. The van der Waals surface area contributed by atoms with Crippen molar-refractivity contribution in [2.45, 2.75) is 4.90 Å². The number of nitrogens with one attached hydrogen (secondary N) is 1. The van der Waals surface area contributed by atoms with Gasteiger partial charge in [-0.3, -0.25) is 9.10 Å². The van der Waals surface area contributed by atoms with Crippen LogP contribution in [-0.4, -0.2) is 34.2 Å². The number of anilines is 1. The van der Waals surface area contributed by atoms with Gasteiger partial charge in [-0.15, -0.1) is 0 Å². The lowest BCUT2D eigenvalue weighted by Crippen LogP contribution is -2.39. The Bertz CT molecular complexity index is 1170. The van der Waals surface area contributed by atoms with E-state index >= 15 is 0 Å². The molecule has 0 aliphatic rings. The molecule has 31 heavy (non-hydrogen) atoms. The molecule has 0 aliphatic carbocycles. The van der Waals surface area contributed by atoms with E-state index < -0.39 is 22.5 Å². The number of halogens is 1. The number of hydrogen-bond donors (Lipinski definition) is 1. The Balaban J connectivity index is 1.81. The van der Waals surface area contributed by atoms with E-state index in [0.29, 0.717) is 17.0 Å². The molecular weight excluding hydrogens is 482 g/mol. The van der Waals surface area contributed by atoms with Gasteiger partial charge in [0.2, 0.25) is 0 Å². The van der Waals surface area contributed by atoms with Gasteiger partial charge in [0.1, 0.15) is 12.3 Å². The minimum atomic E-state index is -3.95. The number of carbonyl (C=O) groups excluding carboxylic acids is 1. The molecule has 1 N–H and O–H groups in total. The third kappa shape index (κ3) is 5.71. The van der Waals surface area contributed by atoms with Crippen LogP contribution in [-0.2, 0) is 14.8 Å². The van der Waals surface area contributed by atoms with Crippen molar-refractivity contribution in [3.05, 3.63) is 88.9 Å². The van der Waals surface area contributed by atoms with Crippen molar-refractivity contribution in [3.63, 3.8) is 0 Å². The minimum absolute atomic E-state index is 0.0917. The van der Waals surface area contributed by atoms with Gasteiger partial charge in [0, 0.05) is 10.0 Å². The van der Waals surface area contributed by atoms with Gasteiger partial charge in [-0.1, -0.05) is 52.3 Å². The smallest absolute Gasteiger partial charge is 0.264 e. The molecule has 160 valence electrons. The minimum Gasteiger partial charge on any atom is -0.496 e. The third-order valence-electron chi connectivity index (χ3n) is 4.25. The van der Waals surface area contributed by atoms with Gasteiger partial charge in [-0.2, -0.15) is 5.10 Å². The van der Waals surface area contributed by atoms with Gasteiger partial charge < -0.3 is 4.74 Å². The van der Waals surface area contributed by atoms with Crippen LogP contribution in [0.2, 0.25) is 0 Å². The Morgan fingerprint density at radius 1 is 1.06 bits per heavy atom. The second-order valence-electron chi connectivity index (χ2n) is 6.34. The summed E-state index contributed by atoms with van der Waals surface area (Å²) >= 11 is 3.37. The van der Waals surface area contributed by atoms with E-state index in [1.807, 2.05) is 6.07 Å². The van der Waals surface area contributed by atoms with Crippen LogP contribution >= 0.6 is 15.9 Å². The lowest BCUT2D eigenvalue weighted by Gasteiger charge is -2.23. The summed E-state index contributed by atoms with van der Waals surface area (Å²) in [7, 11) is -2.42. The first kappa shape index (κ1) is 22.5. The molecule has 0 fully saturated rings. The number of sulfonamides is 1. The van der Waals surface area contributed by atoms with E-state index in [0.717, 1.165) is 8.78 Å². The summed E-state index contributed by atoms with van der Waals surface area (Å²) in [5, 5.41) is 3.95. The molecular formula is C22H20BrN3O4S. The number of hydrazone groups is 1. The Kier molecular flexibility index (Phi) is 7.43. The van der Waals surface area contributed by atoms with Crippen LogP contribution in [0, 0.1) is 0 Å². The Morgan fingerprint density at radius 2 is 1.71 bits per heavy atom. The van der Waals surface area contributed by atoms with E-state index in [2.05, 4.69) is 26.5 Å². The monoisotopic (exact) mass is 501 g/mol. The van der Waals surface area contributed by atoms with E-state index in [-0.39, 0.29) is 4.90 Å². The maximum atomic E-state index is 13.2. The largest absolute Gasteiger partial charge is 0.496 e.